The maximum Gasteiger partial charge on any atom is 0.233 e. The number of carbonyl (C=O) groups excluding carboxylic acids is 1. The Bertz CT molecular complexity index is 185. The minimum absolute atomic E-state index is 0.161. The summed E-state index contributed by atoms with van der Waals surface area (Å²) in [5, 5.41) is 0. The largest absolute Gasteiger partial charge is 0.337 e. The number of rotatable bonds is 6. The van der Waals surface area contributed by atoms with Crippen molar-refractivity contribution in [2.45, 2.75) is 52.7 Å². The zero-order chi connectivity index (χ0) is 12.0. The van der Waals surface area contributed by atoms with Gasteiger partial charge < -0.3 is 10.6 Å². The van der Waals surface area contributed by atoms with Gasteiger partial charge in [0.25, 0.3) is 0 Å². The molecule has 0 saturated heterocycles. The molecule has 0 saturated carbocycles. The van der Waals surface area contributed by atoms with Crippen LogP contribution in [0.5, 0.6) is 0 Å². The Morgan fingerprint density at radius 1 is 1.20 bits per heavy atom. The molecule has 0 heterocycles. The fourth-order valence-electron chi connectivity index (χ4n) is 1.58. The molecular formula is C11H24N2OS. The van der Waals surface area contributed by atoms with Crippen LogP contribution < -0.4 is 5.73 Å². The van der Waals surface area contributed by atoms with E-state index in [0.717, 1.165) is 5.75 Å². The van der Waals surface area contributed by atoms with E-state index in [2.05, 4.69) is 0 Å². The molecule has 1 amide bonds. The Morgan fingerprint density at radius 3 is 2.00 bits per heavy atom. The number of nitrogens with zero attached hydrogens (tertiary/aromatic N) is 1. The predicted molar refractivity (Wildman–Crippen MR) is 68.1 cm³/mol. The Labute approximate surface area is 97.8 Å². The molecule has 0 fully saturated rings. The van der Waals surface area contributed by atoms with Crippen molar-refractivity contribution in [1.82, 2.24) is 4.90 Å². The van der Waals surface area contributed by atoms with Gasteiger partial charge in [-0.3, -0.25) is 4.79 Å². The van der Waals surface area contributed by atoms with Crippen molar-refractivity contribution < 1.29 is 4.79 Å². The molecule has 0 aliphatic carbocycles. The summed E-state index contributed by atoms with van der Waals surface area (Å²) in [5.74, 6) is 1.60. The van der Waals surface area contributed by atoms with Crippen LogP contribution in [-0.2, 0) is 4.79 Å². The highest BCUT2D eigenvalue weighted by Gasteiger charge is 2.19. The van der Waals surface area contributed by atoms with Crippen LogP contribution in [0.3, 0.4) is 0 Å². The van der Waals surface area contributed by atoms with Crippen molar-refractivity contribution >= 4 is 17.7 Å². The van der Waals surface area contributed by atoms with Gasteiger partial charge in [-0.1, -0.05) is 0 Å². The normalized spacial score (nSPS) is 13.3. The second-order valence-electron chi connectivity index (χ2n) is 4.48. The zero-order valence-electron chi connectivity index (χ0n) is 10.5. The first-order chi connectivity index (χ1) is 6.86. The smallest absolute Gasteiger partial charge is 0.233 e. The van der Waals surface area contributed by atoms with Crippen LogP contribution >= 0.6 is 11.8 Å². The van der Waals surface area contributed by atoms with E-state index in [4.69, 9.17) is 5.73 Å². The first-order valence-corrected chi connectivity index (χ1v) is 6.66. The number of amides is 1. The predicted octanol–water partition coefficient (Wildman–Crippen LogP) is 1.71. The first-order valence-electron chi connectivity index (χ1n) is 5.50. The average Bonchev–Trinajstić information content (AvgIpc) is 2.01. The lowest BCUT2D eigenvalue weighted by Crippen LogP contribution is -2.43. The van der Waals surface area contributed by atoms with Crippen LogP contribution in [0.4, 0.5) is 0 Å². The van der Waals surface area contributed by atoms with Gasteiger partial charge in [-0.25, -0.2) is 0 Å². The SMILES string of the molecule is CC(N)CSCC(=O)N(C(C)C)C(C)C. The average molecular weight is 232 g/mol. The van der Waals surface area contributed by atoms with Crippen molar-refractivity contribution in [3.63, 3.8) is 0 Å². The molecule has 4 heteroatoms. The fraction of sp³-hybridized carbons (Fsp3) is 0.909. The van der Waals surface area contributed by atoms with Crippen molar-refractivity contribution in [3.8, 4) is 0 Å². The van der Waals surface area contributed by atoms with E-state index in [0.29, 0.717) is 5.75 Å². The standard InChI is InChI=1S/C11H24N2OS/c1-8(2)13(9(3)4)11(14)7-15-6-10(5)12/h8-10H,6-7,12H2,1-5H3. The minimum Gasteiger partial charge on any atom is -0.337 e. The summed E-state index contributed by atoms with van der Waals surface area (Å²) in [4.78, 5) is 13.8. The third-order valence-corrected chi connectivity index (χ3v) is 3.22. The van der Waals surface area contributed by atoms with Gasteiger partial charge in [0.15, 0.2) is 0 Å². The molecule has 3 nitrogen and oxygen atoms in total. The Kier molecular flexibility index (Phi) is 7.02. The monoisotopic (exact) mass is 232 g/mol. The van der Waals surface area contributed by atoms with Crippen LogP contribution in [0.1, 0.15) is 34.6 Å². The van der Waals surface area contributed by atoms with Gasteiger partial charge in [-0.15, -0.1) is 0 Å². The summed E-state index contributed by atoms with van der Waals surface area (Å²) in [5.41, 5.74) is 5.63. The van der Waals surface area contributed by atoms with Crippen LogP contribution in [0.15, 0.2) is 0 Å². The summed E-state index contributed by atoms with van der Waals surface area (Å²) >= 11 is 1.62. The van der Waals surface area contributed by atoms with E-state index >= 15 is 0 Å². The number of nitrogens with two attached hydrogens (primary N) is 1. The lowest BCUT2D eigenvalue weighted by molar-refractivity contribution is -0.131. The topological polar surface area (TPSA) is 46.3 Å². The highest BCUT2D eigenvalue weighted by Crippen LogP contribution is 2.10. The maximum atomic E-state index is 11.9. The number of thioether (sulfide) groups is 1. The molecule has 1 atom stereocenters. The molecule has 0 aliphatic rings. The summed E-state index contributed by atoms with van der Waals surface area (Å²) < 4.78 is 0. The molecule has 0 rings (SSSR count). The molecule has 0 aromatic carbocycles. The lowest BCUT2D eigenvalue weighted by Gasteiger charge is -2.30. The van der Waals surface area contributed by atoms with Crippen LogP contribution in [-0.4, -0.2) is 40.4 Å². The minimum atomic E-state index is 0.161. The third-order valence-electron chi connectivity index (χ3n) is 2.01. The van der Waals surface area contributed by atoms with Gasteiger partial charge in [-0.2, -0.15) is 11.8 Å². The fourth-order valence-corrected chi connectivity index (χ4v) is 2.39. The van der Waals surface area contributed by atoms with Gasteiger partial charge in [-0.05, 0) is 34.6 Å². The maximum absolute atomic E-state index is 11.9. The number of hydrogen-bond donors (Lipinski definition) is 1. The zero-order valence-corrected chi connectivity index (χ0v) is 11.3. The van der Waals surface area contributed by atoms with Crippen molar-refractivity contribution in [3.05, 3.63) is 0 Å². The van der Waals surface area contributed by atoms with Gasteiger partial charge in [0.05, 0.1) is 5.75 Å². The summed E-state index contributed by atoms with van der Waals surface area (Å²) in [6, 6.07) is 0.705. The van der Waals surface area contributed by atoms with E-state index in [1.165, 1.54) is 0 Å². The Hall–Kier alpha value is -0.220. The molecule has 0 aromatic rings. The third kappa shape index (κ3) is 6.05. The van der Waals surface area contributed by atoms with Gasteiger partial charge in [0.1, 0.15) is 0 Å². The number of carbonyl (C=O) groups is 1. The molecule has 2 N–H and O–H groups in total. The Morgan fingerprint density at radius 2 is 1.67 bits per heavy atom. The molecule has 1 unspecified atom stereocenters. The van der Waals surface area contributed by atoms with E-state index in [1.807, 2.05) is 39.5 Å². The van der Waals surface area contributed by atoms with E-state index in [-0.39, 0.29) is 24.0 Å². The summed E-state index contributed by atoms with van der Waals surface area (Å²) in [7, 11) is 0. The van der Waals surface area contributed by atoms with E-state index in [9.17, 15) is 4.79 Å². The van der Waals surface area contributed by atoms with Gasteiger partial charge >= 0.3 is 0 Å². The van der Waals surface area contributed by atoms with Gasteiger partial charge in [0.2, 0.25) is 5.91 Å². The van der Waals surface area contributed by atoms with Gasteiger partial charge in [0, 0.05) is 23.9 Å². The highest BCUT2D eigenvalue weighted by molar-refractivity contribution is 7.99. The summed E-state index contributed by atoms with van der Waals surface area (Å²) in [6.07, 6.45) is 0. The molecule has 90 valence electrons. The highest BCUT2D eigenvalue weighted by atomic mass is 32.2. The van der Waals surface area contributed by atoms with Crippen molar-refractivity contribution in [2.24, 2.45) is 5.73 Å². The van der Waals surface area contributed by atoms with Crippen LogP contribution in [0.25, 0.3) is 0 Å². The lowest BCUT2D eigenvalue weighted by atomic mass is 10.2. The molecule has 0 bridgehead atoms. The van der Waals surface area contributed by atoms with Crippen molar-refractivity contribution in [2.75, 3.05) is 11.5 Å². The molecule has 0 aromatic heterocycles. The van der Waals surface area contributed by atoms with Crippen LogP contribution in [0, 0.1) is 0 Å². The molecule has 0 radical (unpaired) electrons. The molecule has 0 spiro atoms. The van der Waals surface area contributed by atoms with E-state index in [1.54, 1.807) is 11.8 Å². The second kappa shape index (κ2) is 7.12. The molecule has 0 aliphatic heterocycles. The second-order valence-corrected chi connectivity index (χ2v) is 5.51. The van der Waals surface area contributed by atoms with Crippen molar-refractivity contribution in [1.29, 1.82) is 0 Å². The van der Waals surface area contributed by atoms with Crippen LogP contribution in [0.2, 0.25) is 0 Å². The number of hydrogen-bond acceptors (Lipinski definition) is 3. The quantitative estimate of drug-likeness (QED) is 0.758. The van der Waals surface area contributed by atoms with E-state index < -0.39 is 0 Å². The molecular weight excluding hydrogens is 208 g/mol. The summed E-state index contributed by atoms with van der Waals surface area (Å²) in [6.45, 7) is 10.2. The first kappa shape index (κ1) is 14.8. The Balaban J connectivity index is 4.04. The molecule has 15 heavy (non-hydrogen) atoms.